The van der Waals surface area contributed by atoms with Crippen LogP contribution in [0.25, 0.3) is 10.6 Å². The van der Waals surface area contributed by atoms with E-state index in [9.17, 15) is 9.59 Å². The summed E-state index contributed by atoms with van der Waals surface area (Å²) < 4.78 is 1.72. The average molecular weight is 374 g/mol. The van der Waals surface area contributed by atoms with E-state index < -0.39 is 0 Å². The molecule has 2 aromatic heterocycles. The first-order valence-corrected chi connectivity index (χ1v) is 9.72. The highest BCUT2D eigenvalue weighted by Crippen LogP contribution is 2.24. The Balaban J connectivity index is 1.30. The molecule has 1 saturated carbocycles. The number of hydrogen-bond donors (Lipinski definition) is 1. The third-order valence-corrected chi connectivity index (χ3v) is 5.54. The van der Waals surface area contributed by atoms with Gasteiger partial charge in [-0.05, 0) is 12.8 Å². The molecule has 0 spiro atoms. The lowest BCUT2D eigenvalue weighted by molar-refractivity contribution is -0.122. The van der Waals surface area contributed by atoms with Crippen molar-refractivity contribution in [1.82, 2.24) is 29.9 Å². The van der Waals surface area contributed by atoms with Crippen LogP contribution in [0.2, 0.25) is 0 Å². The average Bonchev–Trinajstić information content (AvgIpc) is 3.12. The SMILES string of the molecule is Cn1cc(-c2nc(C(=O)N3CCN(CC(=O)NC4CC4)CC3)cs2)cn1. The predicted octanol–water partition coefficient (Wildman–Crippen LogP) is 0.580. The Morgan fingerprint density at radius 2 is 2.04 bits per heavy atom. The molecule has 9 heteroatoms. The molecule has 0 radical (unpaired) electrons. The van der Waals surface area contributed by atoms with Gasteiger partial charge in [-0.2, -0.15) is 5.10 Å². The van der Waals surface area contributed by atoms with Crippen LogP contribution < -0.4 is 5.32 Å². The monoisotopic (exact) mass is 374 g/mol. The molecule has 2 aromatic rings. The standard InChI is InChI=1S/C17H22N6O2S/c1-21-9-12(8-18-21)16-20-14(11-26-16)17(25)23-6-4-22(5-7-23)10-15(24)19-13-2-3-13/h8-9,11,13H,2-7,10H2,1H3,(H,19,24). The fourth-order valence-corrected chi connectivity index (χ4v) is 3.78. The van der Waals surface area contributed by atoms with Gasteiger partial charge in [-0.3, -0.25) is 19.2 Å². The zero-order chi connectivity index (χ0) is 18.1. The number of aromatic nitrogens is 3. The van der Waals surface area contributed by atoms with Crippen LogP contribution in [-0.4, -0.2) is 75.1 Å². The number of piperazine rings is 1. The number of nitrogens with one attached hydrogen (secondary N) is 1. The molecule has 3 heterocycles. The lowest BCUT2D eigenvalue weighted by atomic mass is 10.3. The number of thiazole rings is 1. The third kappa shape index (κ3) is 3.94. The molecule has 26 heavy (non-hydrogen) atoms. The van der Waals surface area contributed by atoms with Crippen LogP contribution in [0.15, 0.2) is 17.8 Å². The van der Waals surface area contributed by atoms with Gasteiger partial charge in [-0.1, -0.05) is 0 Å². The van der Waals surface area contributed by atoms with E-state index in [0.29, 0.717) is 44.5 Å². The van der Waals surface area contributed by atoms with Crippen LogP contribution in [0.4, 0.5) is 0 Å². The first kappa shape index (κ1) is 17.2. The third-order valence-electron chi connectivity index (χ3n) is 4.64. The van der Waals surface area contributed by atoms with Crippen LogP contribution >= 0.6 is 11.3 Å². The van der Waals surface area contributed by atoms with Crippen LogP contribution in [-0.2, 0) is 11.8 Å². The summed E-state index contributed by atoms with van der Waals surface area (Å²) in [5, 5.41) is 9.75. The summed E-state index contributed by atoms with van der Waals surface area (Å²) >= 11 is 1.45. The second-order valence-electron chi connectivity index (χ2n) is 6.85. The maximum atomic E-state index is 12.7. The molecule has 8 nitrogen and oxygen atoms in total. The van der Waals surface area contributed by atoms with Gasteiger partial charge < -0.3 is 10.2 Å². The van der Waals surface area contributed by atoms with E-state index in [1.54, 1.807) is 16.3 Å². The molecule has 0 bridgehead atoms. The van der Waals surface area contributed by atoms with Gasteiger partial charge >= 0.3 is 0 Å². The largest absolute Gasteiger partial charge is 0.352 e. The van der Waals surface area contributed by atoms with Crippen molar-refractivity contribution in [2.45, 2.75) is 18.9 Å². The molecule has 138 valence electrons. The lowest BCUT2D eigenvalue weighted by Crippen LogP contribution is -2.51. The van der Waals surface area contributed by atoms with Crippen LogP contribution in [0.1, 0.15) is 23.3 Å². The van der Waals surface area contributed by atoms with Crippen molar-refractivity contribution in [3.63, 3.8) is 0 Å². The van der Waals surface area contributed by atoms with Gasteiger partial charge in [0.1, 0.15) is 10.7 Å². The van der Waals surface area contributed by atoms with Gasteiger partial charge in [0.2, 0.25) is 5.91 Å². The Labute approximate surface area is 155 Å². The molecule has 2 aliphatic rings. The highest BCUT2D eigenvalue weighted by atomic mass is 32.1. The van der Waals surface area contributed by atoms with Crippen LogP contribution in [0, 0.1) is 0 Å². The lowest BCUT2D eigenvalue weighted by Gasteiger charge is -2.33. The zero-order valence-electron chi connectivity index (χ0n) is 14.7. The molecule has 1 aliphatic carbocycles. The fourth-order valence-electron chi connectivity index (χ4n) is 3.01. The summed E-state index contributed by atoms with van der Waals surface area (Å²) in [5.41, 5.74) is 1.40. The number of carbonyl (C=O) groups excluding carboxylic acids is 2. The summed E-state index contributed by atoms with van der Waals surface area (Å²) in [5.74, 6) is 0.0476. The Hall–Kier alpha value is -2.26. The van der Waals surface area contributed by atoms with Crippen molar-refractivity contribution in [2.24, 2.45) is 7.05 Å². The number of carbonyl (C=O) groups is 2. The molecule has 0 aromatic carbocycles. The van der Waals surface area contributed by atoms with Gasteiger partial charge in [-0.25, -0.2) is 4.98 Å². The van der Waals surface area contributed by atoms with Gasteiger partial charge in [0, 0.05) is 56.4 Å². The summed E-state index contributed by atoms with van der Waals surface area (Å²) in [4.78, 5) is 33.0. The molecule has 0 atom stereocenters. The van der Waals surface area contributed by atoms with Gasteiger partial charge in [-0.15, -0.1) is 11.3 Å². The maximum absolute atomic E-state index is 12.7. The molecule has 1 saturated heterocycles. The van der Waals surface area contributed by atoms with Gasteiger partial charge in [0.15, 0.2) is 0 Å². The molecular formula is C17H22N6O2S. The smallest absolute Gasteiger partial charge is 0.273 e. The minimum Gasteiger partial charge on any atom is -0.352 e. The van der Waals surface area contributed by atoms with Crippen molar-refractivity contribution >= 4 is 23.2 Å². The maximum Gasteiger partial charge on any atom is 0.273 e. The van der Waals surface area contributed by atoms with Crippen molar-refractivity contribution in [3.05, 3.63) is 23.5 Å². The normalized spacial score (nSPS) is 18.1. The molecule has 2 amide bonds. The fraction of sp³-hybridized carbons (Fsp3) is 0.529. The molecule has 2 fully saturated rings. The van der Waals surface area contributed by atoms with Gasteiger partial charge in [0.05, 0.1) is 12.7 Å². The van der Waals surface area contributed by atoms with Crippen LogP contribution in [0.5, 0.6) is 0 Å². The van der Waals surface area contributed by atoms with E-state index in [-0.39, 0.29) is 11.8 Å². The number of aryl methyl sites for hydroxylation is 1. The number of hydrogen-bond acceptors (Lipinski definition) is 6. The molecule has 1 N–H and O–H groups in total. The number of amides is 2. The first-order chi connectivity index (χ1) is 12.6. The van der Waals surface area contributed by atoms with Crippen molar-refractivity contribution in [2.75, 3.05) is 32.7 Å². The minimum absolute atomic E-state index is 0.0431. The van der Waals surface area contributed by atoms with E-state index >= 15 is 0 Å². The van der Waals surface area contributed by atoms with Crippen molar-refractivity contribution < 1.29 is 9.59 Å². The van der Waals surface area contributed by atoms with E-state index in [4.69, 9.17) is 0 Å². The summed E-state index contributed by atoms with van der Waals surface area (Å²) in [7, 11) is 1.85. The Kier molecular flexibility index (Phi) is 4.73. The second kappa shape index (κ2) is 7.16. The van der Waals surface area contributed by atoms with Crippen molar-refractivity contribution in [3.8, 4) is 10.6 Å². The highest BCUT2D eigenvalue weighted by molar-refractivity contribution is 7.13. The Bertz CT molecular complexity index is 804. The number of nitrogens with zero attached hydrogens (tertiary/aromatic N) is 5. The molecular weight excluding hydrogens is 352 g/mol. The van der Waals surface area contributed by atoms with E-state index in [2.05, 4.69) is 20.3 Å². The summed E-state index contributed by atoms with van der Waals surface area (Å²) in [6, 6.07) is 0.393. The summed E-state index contributed by atoms with van der Waals surface area (Å²) in [6.45, 7) is 3.08. The quantitative estimate of drug-likeness (QED) is 0.828. The van der Waals surface area contributed by atoms with E-state index in [1.807, 2.05) is 18.1 Å². The molecule has 1 aliphatic heterocycles. The zero-order valence-corrected chi connectivity index (χ0v) is 15.5. The van der Waals surface area contributed by atoms with Crippen LogP contribution in [0.3, 0.4) is 0 Å². The highest BCUT2D eigenvalue weighted by Gasteiger charge is 2.27. The van der Waals surface area contributed by atoms with E-state index in [0.717, 1.165) is 23.4 Å². The second-order valence-corrected chi connectivity index (χ2v) is 7.71. The van der Waals surface area contributed by atoms with Gasteiger partial charge in [0.25, 0.3) is 5.91 Å². The molecule has 0 unspecified atom stereocenters. The number of rotatable bonds is 5. The first-order valence-electron chi connectivity index (χ1n) is 8.84. The Morgan fingerprint density at radius 3 is 2.69 bits per heavy atom. The van der Waals surface area contributed by atoms with Crippen molar-refractivity contribution in [1.29, 1.82) is 0 Å². The van der Waals surface area contributed by atoms with E-state index in [1.165, 1.54) is 11.3 Å². The predicted molar refractivity (Wildman–Crippen MR) is 97.8 cm³/mol. The minimum atomic E-state index is -0.0431. The summed E-state index contributed by atoms with van der Waals surface area (Å²) in [6.07, 6.45) is 5.84. The topological polar surface area (TPSA) is 83.4 Å². The Morgan fingerprint density at radius 1 is 1.27 bits per heavy atom. The molecule has 4 rings (SSSR count).